The predicted molar refractivity (Wildman–Crippen MR) is 96.8 cm³/mol. The van der Waals surface area contributed by atoms with E-state index in [0.29, 0.717) is 4.21 Å². The largest absolute Gasteiger partial charge is 0.306 e. The van der Waals surface area contributed by atoms with Crippen molar-refractivity contribution in [1.82, 2.24) is 9.62 Å². The van der Waals surface area contributed by atoms with E-state index in [1.165, 1.54) is 16.9 Å². The molecule has 0 amide bonds. The number of hydrogen-bond acceptors (Lipinski definition) is 4. The van der Waals surface area contributed by atoms with Crippen molar-refractivity contribution in [3.63, 3.8) is 0 Å². The molecular weight excluding hydrogens is 340 g/mol. The maximum absolute atomic E-state index is 12.7. The van der Waals surface area contributed by atoms with Gasteiger partial charge in [-0.15, -0.1) is 11.3 Å². The van der Waals surface area contributed by atoms with E-state index in [0.717, 1.165) is 37.9 Å². The molecule has 1 N–H and O–H groups in total. The molecule has 0 saturated carbocycles. The van der Waals surface area contributed by atoms with Crippen molar-refractivity contribution in [2.45, 2.75) is 34.9 Å². The van der Waals surface area contributed by atoms with Gasteiger partial charge in [0.2, 0.25) is 0 Å². The topological polar surface area (TPSA) is 49.4 Å². The van der Waals surface area contributed by atoms with Crippen LogP contribution in [-0.4, -0.2) is 33.5 Å². The van der Waals surface area contributed by atoms with E-state index in [4.69, 9.17) is 0 Å². The first-order valence-corrected chi connectivity index (χ1v) is 10.7. The maximum Gasteiger partial charge on any atom is 0.250 e. The number of benzene rings is 1. The molecule has 1 aliphatic heterocycles. The summed E-state index contributed by atoms with van der Waals surface area (Å²) in [6.45, 7) is 2.14. The molecule has 1 saturated heterocycles. The summed E-state index contributed by atoms with van der Waals surface area (Å²) in [6.07, 6.45) is 3.06. The first-order chi connectivity index (χ1) is 11.5. The zero-order valence-corrected chi connectivity index (χ0v) is 15.4. The van der Waals surface area contributed by atoms with Crippen LogP contribution in [-0.2, 0) is 15.4 Å². The molecule has 1 atom stereocenters. The van der Waals surface area contributed by atoms with Gasteiger partial charge in [0.25, 0.3) is 10.0 Å². The van der Waals surface area contributed by atoms with Crippen LogP contribution in [0.15, 0.2) is 46.0 Å². The lowest BCUT2D eigenvalue weighted by Crippen LogP contribution is -2.40. The molecule has 1 unspecified atom stereocenters. The number of piperidine rings is 1. The van der Waals surface area contributed by atoms with E-state index in [1.54, 1.807) is 17.5 Å². The highest BCUT2D eigenvalue weighted by atomic mass is 32.2. The van der Waals surface area contributed by atoms with Gasteiger partial charge in [-0.25, -0.2) is 13.1 Å². The summed E-state index contributed by atoms with van der Waals surface area (Å²) in [5.74, 6) is 0. The van der Waals surface area contributed by atoms with Gasteiger partial charge in [0.05, 0.1) is 0 Å². The average Bonchev–Trinajstić information content (AvgIpc) is 3.20. The summed E-state index contributed by atoms with van der Waals surface area (Å²) in [5, 5.41) is 1.80. The average molecular weight is 363 g/mol. The second-order valence-corrected chi connectivity index (χ2v) is 9.87. The minimum absolute atomic E-state index is 0.117. The molecule has 0 radical (unpaired) electrons. The lowest BCUT2D eigenvalue weighted by molar-refractivity contribution is 0.181. The van der Waals surface area contributed by atoms with Crippen LogP contribution in [0.3, 0.4) is 0 Å². The predicted octanol–water partition coefficient (Wildman–Crippen LogP) is 3.13. The normalized spacial score (nSPS) is 23.5. The molecular formula is C18H22N2O2S2. The molecule has 128 valence electrons. The minimum atomic E-state index is -3.45. The number of thiophene rings is 1. The Morgan fingerprint density at radius 3 is 2.62 bits per heavy atom. The third-order valence-electron chi connectivity index (χ3n) is 5.50. The van der Waals surface area contributed by atoms with Crippen LogP contribution in [0.2, 0.25) is 0 Å². The van der Waals surface area contributed by atoms with Crippen LogP contribution >= 0.6 is 11.3 Å². The van der Waals surface area contributed by atoms with Gasteiger partial charge in [-0.05, 0) is 67.4 Å². The summed E-state index contributed by atoms with van der Waals surface area (Å²) >= 11 is 1.26. The molecule has 1 spiro atoms. The molecule has 1 aliphatic carbocycles. The van der Waals surface area contributed by atoms with Gasteiger partial charge < -0.3 is 4.90 Å². The summed E-state index contributed by atoms with van der Waals surface area (Å²) in [7, 11) is -1.29. The van der Waals surface area contributed by atoms with Gasteiger partial charge in [0.1, 0.15) is 4.21 Å². The minimum Gasteiger partial charge on any atom is -0.306 e. The highest BCUT2D eigenvalue weighted by Gasteiger charge is 2.45. The Morgan fingerprint density at radius 1 is 1.17 bits per heavy atom. The Morgan fingerprint density at radius 2 is 1.92 bits per heavy atom. The quantitative estimate of drug-likeness (QED) is 0.913. The van der Waals surface area contributed by atoms with Crippen molar-refractivity contribution in [3.05, 3.63) is 52.9 Å². The van der Waals surface area contributed by atoms with Crippen molar-refractivity contribution in [1.29, 1.82) is 0 Å². The lowest BCUT2D eigenvalue weighted by atomic mass is 9.74. The van der Waals surface area contributed by atoms with E-state index < -0.39 is 10.0 Å². The first-order valence-electron chi connectivity index (χ1n) is 8.34. The zero-order chi connectivity index (χ0) is 16.8. The summed E-state index contributed by atoms with van der Waals surface area (Å²) in [4.78, 5) is 2.36. The van der Waals surface area contributed by atoms with E-state index in [9.17, 15) is 8.42 Å². The Balaban J connectivity index is 1.67. The third-order valence-corrected chi connectivity index (χ3v) is 8.37. The van der Waals surface area contributed by atoms with Crippen LogP contribution in [0, 0.1) is 0 Å². The van der Waals surface area contributed by atoms with E-state index in [1.807, 2.05) is 6.07 Å². The molecule has 0 bridgehead atoms. The molecule has 1 aromatic heterocycles. The lowest BCUT2D eigenvalue weighted by Gasteiger charge is -2.39. The Hall–Kier alpha value is -1.21. The number of nitrogens with zero attached hydrogens (tertiary/aromatic N) is 1. The highest BCUT2D eigenvalue weighted by Crippen LogP contribution is 2.50. The van der Waals surface area contributed by atoms with Gasteiger partial charge >= 0.3 is 0 Å². The Labute approximate surface area is 147 Å². The molecule has 2 heterocycles. The number of sulfonamides is 1. The van der Waals surface area contributed by atoms with Crippen LogP contribution in [0.25, 0.3) is 0 Å². The number of rotatable bonds is 3. The fourth-order valence-electron chi connectivity index (χ4n) is 4.18. The van der Waals surface area contributed by atoms with Crippen molar-refractivity contribution >= 4 is 21.4 Å². The second-order valence-electron chi connectivity index (χ2n) is 6.98. The van der Waals surface area contributed by atoms with E-state index in [-0.39, 0.29) is 11.5 Å². The fraction of sp³-hybridized carbons (Fsp3) is 0.444. The van der Waals surface area contributed by atoms with Crippen molar-refractivity contribution in [3.8, 4) is 0 Å². The number of fused-ring (bicyclic) bond motifs is 2. The molecule has 1 fully saturated rings. The summed E-state index contributed by atoms with van der Waals surface area (Å²) in [6, 6.07) is 11.7. The number of hydrogen-bond donors (Lipinski definition) is 1. The van der Waals surface area contributed by atoms with E-state index in [2.05, 4.69) is 34.9 Å². The molecule has 24 heavy (non-hydrogen) atoms. The summed E-state index contributed by atoms with van der Waals surface area (Å²) in [5.41, 5.74) is 2.62. The van der Waals surface area contributed by atoms with Gasteiger partial charge in [0, 0.05) is 6.04 Å². The first kappa shape index (κ1) is 16.3. The van der Waals surface area contributed by atoms with Crippen LogP contribution in [0.1, 0.15) is 36.4 Å². The van der Waals surface area contributed by atoms with Crippen LogP contribution < -0.4 is 4.72 Å². The highest BCUT2D eigenvalue weighted by molar-refractivity contribution is 7.91. The van der Waals surface area contributed by atoms with Gasteiger partial charge in [-0.1, -0.05) is 30.3 Å². The van der Waals surface area contributed by atoms with Crippen LogP contribution in [0.4, 0.5) is 0 Å². The molecule has 6 heteroatoms. The maximum atomic E-state index is 12.7. The van der Waals surface area contributed by atoms with Crippen molar-refractivity contribution < 1.29 is 8.42 Å². The molecule has 2 aliphatic rings. The Kier molecular flexibility index (Phi) is 4.03. The summed E-state index contributed by atoms with van der Waals surface area (Å²) < 4.78 is 28.7. The van der Waals surface area contributed by atoms with Gasteiger partial charge in [0.15, 0.2) is 0 Å². The molecule has 4 nitrogen and oxygen atoms in total. The monoisotopic (exact) mass is 362 g/mol. The standard InChI is InChI=1S/C18H22N2O2S2/c1-20-10-8-18(9-11-20)13-16(14-5-2-3-6-15(14)18)19-24(21,22)17-7-4-12-23-17/h2-7,12,16,19H,8-11,13H2,1H3. The third kappa shape index (κ3) is 2.71. The van der Waals surface area contributed by atoms with Crippen molar-refractivity contribution in [2.24, 2.45) is 0 Å². The number of nitrogens with one attached hydrogen (secondary N) is 1. The molecule has 1 aromatic carbocycles. The smallest absolute Gasteiger partial charge is 0.250 e. The second kappa shape index (κ2) is 5.95. The Bertz CT molecular complexity index is 822. The fourth-order valence-corrected chi connectivity index (χ4v) is 6.41. The van der Waals surface area contributed by atoms with Crippen molar-refractivity contribution in [2.75, 3.05) is 20.1 Å². The van der Waals surface area contributed by atoms with E-state index >= 15 is 0 Å². The van der Waals surface area contributed by atoms with Gasteiger partial charge in [-0.2, -0.15) is 0 Å². The van der Waals surface area contributed by atoms with Gasteiger partial charge in [-0.3, -0.25) is 0 Å². The SMILES string of the molecule is CN1CCC2(CC1)CC(NS(=O)(=O)c1cccs1)c1ccccc12. The zero-order valence-electron chi connectivity index (χ0n) is 13.7. The molecule has 2 aromatic rings. The molecule has 4 rings (SSSR count). The number of likely N-dealkylation sites (tertiary alicyclic amines) is 1. The van der Waals surface area contributed by atoms with Crippen LogP contribution in [0.5, 0.6) is 0 Å².